The molecule has 0 aromatic carbocycles. The molecule has 0 fully saturated rings. The SMILES string of the molecule is Cc1c(Cl)cnn1CCCC(=O)NN. The molecule has 1 aromatic heterocycles. The number of aryl methyl sites for hydroxylation is 1. The minimum atomic E-state index is -0.166. The van der Waals surface area contributed by atoms with Crippen LogP contribution in [0.3, 0.4) is 0 Å². The summed E-state index contributed by atoms with van der Waals surface area (Å²) < 4.78 is 1.77. The van der Waals surface area contributed by atoms with Gasteiger partial charge in [-0.3, -0.25) is 14.9 Å². The van der Waals surface area contributed by atoms with Crippen LogP contribution in [0, 0.1) is 6.92 Å². The predicted octanol–water partition coefficient (Wildman–Crippen LogP) is 0.615. The summed E-state index contributed by atoms with van der Waals surface area (Å²) in [5, 5.41) is 4.71. The summed E-state index contributed by atoms with van der Waals surface area (Å²) in [5.74, 6) is 4.78. The van der Waals surface area contributed by atoms with E-state index in [0.717, 1.165) is 5.69 Å². The molecule has 78 valence electrons. The molecular formula is C8H13ClN4O. The lowest BCUT2D eigenvalue weighted by Gasteiger charge is -2.03. The average Bonchev–Trinajstić information content (AvgIpc) is 2.49. The Kier molecular flexibility index (Phi) is 3.91. The molecule has 0 saturated heterocycles. The van der Waals surface area contributed by atoms with Crippen LogP contribution in [0.15, 0.2) is 6.20 Å². The Morgan fingerprint density at radius 1 is 1.79 bits per heavy atom. The number of hydrogen-bond donors (Lipinski definition) is 2. The Labute approximate surface area is 87.2 Å². The van der Waals surface area contributed by atoms with Gasteiger partial charge >= 0.3 is 0 Å². The van der Waals surface area contributed by atoms with Crippen molar-refractivity contribution in [3.05, 3.63) is 16.9 Å². The van der Waals surface area contributed by atoms with Gasteiger partial charge in [-0.05, 0) is 13.3 Å². The smallest absolute Gasteiger partial charge is 0.233 e. The molecule has 0 radical (unpaired) electrons. The van der Waals surface area contributed by atoms with Crippen LogP contribution in [-0.2, 0) is 11.3 Å². The third-order valence-corrected chi connectivity index (χ3v) is 2.35. The Morgan fingerprint density at radius 3 is 3.00 bits per heavy atom. The highest BCUT2D eigenvalue weighted by molar-refractivity contribution is 6.31. The van der Waals surface area contributed by atoms with E-state index in [4.69, 9.17) is 17.4 Å². The highest BCUT2D eigenvalue weighted by Gasteiger charge is 2.04. The van der Waals surface area contributed by atoms with E-state index in [1.165, 1.54) is 0 Å². The van der Waals surface area contributed by atoms with Gasteiger partial charge in [0.1, 0.15) is 0 Å². The second-order valence-corrected chi connectivity index (χ2v) is 3.38. The molecule has 1 amide bonds. The molecule has 0 aliphatic rings. The molecule has 0 unspecified atom stereocenters. The summed E-state index contributed by atoms with van der Waals surface area (Å²) in [7, 11) is 0. The van der Waals surface area contributed by atoms with Gasteiger partial charge < -0.3 is 0 Å². The second kappa shape index (κ2) is 4.97. The largest absolute Gasteiger partial charge is 0.294 e. The maximum Gasteiger partial charge on any atom is 0.233 e. The zero-order chi connectivity index (χ0) is 10.6. The van der Waals surface area contributed by atoms with E-state index < -0.39 is 0 Å². The lowest BCUT2D eigenvalue weighted by atomic mass is 10.3. The van der Waals surface area contributed by atoms with Crippen LogP contribution in [0.5, 0.6) is 0 Å². The van der Waals surface area contributed by atoms with Crippen LogP contribution in [0.2, 0.25) is 5.02 Å². The first kappa shape index (κ1) is 11.0. The fraction of sp³-hybridized carbons (Fsp3) is 0.500. The van der Waals surface area contributed by atoms with Crippen LogP contribution >= 0.6 is 11.6 Å². The molecule has 6 heteroatoms. The van der Waals surface area contributed by atoms with Gasteiger partial charge in [0.05, 0.1) is 16.9 Å². The molecule has 14 heavy (non-hydrogen) atoms. The van der Waals surface area contributed by atoms with Crippen LogP contribution in [0.1, 0.15) is 18.5 Å². The van der Waals surface area contributed by atoms with Gasteiger partial charge in [0.25, 0.3) is 0 Å². The van der Waals surface area contributed by atoms with E-state index >= 15 is 0 Å². The molecule has 1 aromatic rings. The number of hydrazine groups is 1. The summed E-state index contributed by atoms with van der Waals surface area (Å²) >= 11 is 5.82. The van der Waals surface area contributed by atoms with Crippen molar-refractivity contribution < 1.29 is 4.79 Å². The average molecular weight is 217 g/mol. The maximum atomic E-state index is 10.8. The number of halogens is 1. The zero-order valence-electron chi connectivity index (χ0n) is 7.96. The van der Waals surface area contributed by atoms with Gasteiger partial charge in [-0.15, -0.1) is 0 Å². The van der Waals surface area contributed by atoms with Gasteiger partial charge in [-0.1, -0.05) is 11.6 Å². The second-order valence-electron chi connectivity index (χ2n) is 2.97. The first-order valence-corrected chi connectivity index (χ1v) is 4.70. The van der Waals surface area contributed by atoms with Crippen molar-refractivity contribution in [3.63, 3.8) is 0 Å². The molecule has 3 N–H and O–H groups in total. The molecule has 1 heterocycles. The molecule has 0 saturated carbocycles. The number of amides is 1. The van der Waals surface area contributed by atoms with Crippen LogP contribution in [-0.4, -0.2) is 15.7 Å². The Balaban J connectivity index is 2.39. The molecule has 0 spiro atoms. The predicted molar refractivity (Wildman–Crippen MR) is 53.5 cm³/mol. The molecular weight excluding hydrogens is 204 g/mol. The minimum Gasteiger partial charge on any atom is -0.294 e. The first-order chi connectivity index (χ1) is 6.65. The molecule has 0 aliphatic carbocycles. The van der Waals surface area contributed by atoms with Gasteiger partial charge in [0.2, 0.25) is 5.91 Å². The van der Waals surface area contributed by atoms with E-state index in [0.29, 0.717) is 24.4 Å². The number of rotatable bonds is 4. The van der Waals surface area contributed by atoms with Crippen molar-refractivity contribution >= 4 is 17.5 Å². The number of carbonyl (C=O) groups excluding carboxylic acids is 1. The topological polar surface area (TPSA) is 72.9 Å². The number of nitrogens with zero attached hydrogens (tertiary/aromatic N) is 2. The molecule has 0 bridgehead atoms. The Hall–Kier alpha value is -1.07. The fourth-order valence-electron chi connectivity index (χ4n) is 1.11. The molecule has 5 nitrogen and oxygen atoms in total. The standard InChI is InChI=1S/C8H13ClN4O/c1-6-7(9)5-11-13(6)4-2-3-8(14)12-10/h5H,2-4,10H2,1H3,(H,12,14). The van der Waals surface area contributed by atoms with Crippen molar-refractivity contribution in [2.75, 3.05) is 0 Å². The van der Waals surface area contributed by atoms with Crippen LogP contribution in [0.4, 0.5) is 0 Å². The lowest BCUT2D eigenvalue weighted by Crippen LogP contribution is -2.29. The third kappa shape index (κ3) is 2.71. The van der Waals surface area contributed by atoms with Crippen molar-refractivity contribution in [2.24, 2.45) is 5.84 Å². The normalized spacial score (nSPS) is 10.2. The number of nitrogens with two attached hydrogens (primary N) is 1. The highest BCUT2D eigenvalue weighted by Crippen LogP contribution is 2.13. The zero-order valence-corrected chi connectivity index (χ0v) is 8.71. The summed E-state index contributed by atoms with van der Waals surface area (Å²) in [4.78, 5) is 10.8. The number of carbonyl (C=O) groups is 1. The lowest BCUT2D eigenvalue weighted by molar-refractivity contribution is -0.121. The first-order valence-electron chi connectivity index (χ1n) is 4.32. The van der Waals surface area contributed by atoms with Crippen molar-refractivity contribution in [1.29, 1.82) is 0 Å². The van der Waals surface area contributed by atoms with Gasteiger partial charge in [0, 0.05) is 13.0 Å². The minimum absolute atomic E-state index is 0.166. The third-order valence-electron chi connectivity index (χ3n) is 1.98. The molecule has 1 rings (SSSR count). The summed E-state index contributed by atoms with van der Waals surface area (Å²) in [5.41, 5.74) is 2.99. The van der Waals surface area contributed by atoms with E-state index in [9.17, 15) is 4.79 Å². The summed E-state index contributed by atoms with van der Waals surface area (Å²) in [6.07, 6.45) is 2.69. The number of hydrogen-bond acceptors (Lipinski definition) is 3. The summed E-state index contributed by atoms with van der Waals surface area (Å²) in [6.45, 7) is 2.56. The van der Waals surface area contributed by atoms with E-state index in [1.54, 1.807) is 10.9 Å². The molecule has 0 aliphatic heterocycles. The van der Waals surface area contributed by atoms with Gasteiger partial charge in [0.15, 0.2) is 0 Å². The van der Waals surface area contributed by atoms with Crippen molar-refractivity contribution in [1.82, 2.24) is 15.2 Å². The summed E-state index contributed by atoms with van der Waals surface area (Å²) in [6, 6.07) is 0. The number of nitrogens with one attached hydrogen (secondary N) is 1. The van der Waals surface area contributed by atoms with E-state index in [1.807, 2.05) is 6.92 Å². The van der Waals surface area contributed by atoms with Gasteiger partial charge in [-0.25, -0.2) is 5.84 Å². The van der Waals surface area contributed by atoms with Crippen molar-refractivity contribution in [2.45, 2.75) is 26.3 Å². The number of aromatic nitrogens is 2. The van der Waals surface area contributed by atoms with E-state index in [2.05, 4.69) is 10.5 Å². The van der Waals surface area contributed by atoms with Crippen molar-refractivity contribution in [3.8, 4) is 0 Å². The van der Waals surface area contributed by atoms with E-state index in [-0.39, 0.29) is 5.91 Å². The Bertz CT molecular complexity index is 323. The highest BCUT2D eigenvalue weighted by atomic mass is 35.5. The monoisotopic (exact) mass is 216 g/mol. The van der Waals surface area contributed by atoms with Crippen LogP contribution < -0.4 is 11.3 Å². The maximum absolute atomic E-state index is 10.8. The molecule has 0 atom stereocenters. The van der Waals surface area contributed by atoms with Crippen LogP contribution in [0.25, 0.3) is 0 Å². The quantitative estimate of drug-likeness (QED) is 0.440. The fourth-order valence-corrected chi connectivity index (χ4v) is 1.25. The Morgan fingerprint density at radius 2 is 2.50 bits per heavy atom. The van der Waals surface area contributed by atoms with Gasteiger partial charge in [-0.2, -0.15) is 5.10 Å².